The lowest BCUT2D eigenvalue weighted by Crippen LogP contribution is -2.31. The van der Waals surface area contributed by atoms with Crippen LogP contribution in [-0.4, -0.2) is 48.7 Å². The average molecular weight is 202 g/mol. The van der Waals surface area contributed by atoms with Gasteiger partial charge in [-0.2, -0.15) is 0 Å². The maximum Gasteiger partial charge on any atom is 0.223 e. The van der Waals surface area contributed by atoms with E-state index in [1.807, 2.05) is 6.92 Å². The smallest absolute Gasteiger partial charge is 0.223 e. The summed E-state index contributed by atoms with van der Waals surface area (Å²) >= 11 is 0. The Balaban J connectivity index is 3.54. The molecule has 1 atom stereocenters. The van der Waals surface area contributed by atoms with Crippen LogP contribution < -0.4 is 5.32 Å². The standard InChI is InChI=1S/C10H22N2O2/c1-4-11-7-5-10(14)12(3)8-6-9(2)13/h9,11,13H,4-8H2,1-3H3. The SMILES string of the molecule is CCNCCC(=O)N(C)CCC(C)O. The molecule has 0 radical (unpaired) electrons. The van der Waals surface area contributed by atoms with E-state index in [1.165, 1.54) is 0 Å². The number of aliphatic hydroxyl groups excluding tert-OH is 1. The Labute approximate surface area is 86.3 Å². The van der Waals surface area contributed by atoms with Crippen molar-refractivity contribution < 1.29 is 9.90 Å². The van der Waals surface area contributed by atoms with Crippen LogP contribution in [0.25, 0.3) is 0 Å². The molecule has 0 aromatic heterocycles. The number of hydrogen-bond donors (Lipinski definition) is 2. The maximum absolute atomic E-state index is 11.4. The predicted octanol–water partition coefficient (Wildman–Crippen LogP) is 0.215. The number of nitrogens with zero attached hydrogens (tertiary/aromatic N) is 1. The van der Waals surface area contributed by atoms with Gasteiger partial charge in [-0.3, -0.25) is 4.79 Å². The molecule has 0 aliphatic heterocycles. The molecule has 14 heavy (non-hydrogen) atoms. The van der Waals surface area contributed by atoms with Gasteiger partial charge >= 0.3 is 0 Å². The van der Waals surface area contributed by atoms with Crippen molar-refractivity contribution >= 4 is 5.91 Å². The molecular formula is C10H22N2O2. The van der Waals surface area contributed by atoms with Gasteiger partial charge in [-0.1, -0.05) is 6.92 Å². The van der Waals surface area contributed by atoms with Crippen molar-refractivity contribution in [1.29, 1.82) is 0 Å². The van der Waals surface area contributed by atoms with E-state index in [4.69, 9.17) is 5.11 Å². The molecule has 0 spiro atoms. The zero-order chi connectivity index (χ0) is 11.0. The van der Waals surface area contributed by atoms with Gasteiger partial charge in [0.15, 0.2) is 0 Å². The quantitative estimate of drug-likeness (QED) is 0.580. The summed E-state index contributed by atoms with van der Waals surface area (Å²) in [5, 5.41) is 12.1. The molecule has 0 saturated carbocycles. The Bertz CT molecular complexity index is 160. The minimum absolute atomic E-state index is 0.131. The van der Waals surface area contributed by atoms with Crippen molar-refractivity contribution in [2.75, 3.05) is 26.7 Å². The molecule has 0 fully saturated rings. The summed E-state index contributed by atoms with van der Waals surface area (Å²) in [5.41, 5.74) is 0. The largest absolute Gasteiger partial charge is 0.393 e. The summed E-state index contributed by atoms with van der Waals surface area (Å²) in [5.74, 6) is 0.131. The Morgan fingerprint density at radius 3 is 2.71 bits per heavy atom. The lowest BCUT2D eigenvalue weighted by Gasteiger charge is -2.17. The first-order chi connectivity index (χ1) is 6.57. The summed E-state index contributed by atoms with van der Waals surface area (Å²) in [6, 6.07) is 0. The Hall–Kier alpha value is -0.610. The molecule has 0 aromatic rings. The monoisotopic (exact) mass is 202 g/mol. The summed E-state index contributed by atoms with van der Waals surface area (Å²) in [4.78, 5) is 13.1. The number of hydrogen-bond acceptors (Lipinski definition) is 3. The van der Waals surface area contributed by atoms with Crippen molar-refractivity contribution in [3.8, 4) is 0 Å². The van der Waals surface area contributed by atoms with Crippen molar-refractivity contribution in [2.45, 2.75) is 32.8 Å². The second kappa shape index (κ2) is 7.76. The van der Waals surface area contributed by atoms with E-state index < -0.39 is 0 Å². The first kappa shape index (κ1) is 13.4. The van der Waals surface area contributed by atoms with Crippen molar-refractivity contribution in [3.05, 3.63) is 0 Å². The molecule has 0 aromatic carbocycles. The van der Waals surface area contributed by atoms with Gasteiger partial charge in [0.05, 0.1) is 6.10 Å². The molecular weight excluding hydrogens is 180 g/mol. The molecule has 0 aliphatic carbocycles. The molecule has 1 amide bonds. The zero-order valence-corrected chi connectivity index (χ0v) is 9.42. The van der Waals surface area contributed by atoms with Crippen LogP contribution in [0, 0.1) is 0 Å². The summed E-state index contributed by atoms with van der Waals surface area (Å²) in [6.07, 6.45) is 0.840. The van der Waals surface area contributed by atoms with Gasteiger partial charge in [-0.15, -0.1) is 0 Å². The van der Waals surface area contributed by atoms with E-state index in [2.05, 4.69) is 5.32 Å². The van der Waals surface area contributed by atoms with Crippen LogP contribution in [0.4, 0.5) is 0 Å². The number of aliphatic hydroxyl groups is 1. The number of carbonyl (C=O) groups is 1. The number of rotatable bonds is 7. The Morgan fingerprint density at radius 2 is 2.21 bits per heavy atom. The second-order valence-electron chi connectivity index (χ2n) is 3.56. The van der Waals surface area contributed by atoms with Crippen molar-refractivity contribution in [2.24, 2.45) is 0 Å². The highest BCUT2D eigenvalue weighted by Gasteiger charge is 2.08. The Morgan fingerprint density at radius 1 is 1.57 bits per heavy atom. The van der Waals surface area contributed by atoms with Crippen LogP contribution in [-0.2, 0) is 4.79 Å². The highest BCUT2D eigenvalue weighted by molar-refractivity contribution is 5.76. The molecule has 84 valence electrons. The summed E-state index contributed by atoms with van der Waals surface area (Å²) in [7, 11) is 1.77. The molecule has 0 heterocycles. The van der Waals surface area contributed by atoms with E-state index in [0.29, 0.717) is 19.4 Å². The van der Waals surface area contributed by atoms with Crippen LogP contribution in [0.15, 0.2) is 0 Å². The second-order valence-corrected chi connectivity index (χ2v) is 3.56. The molecule has 4 nitrogen and oxygen atoms in total. The van der Waals surface area contributed by atoms with Crippen LogP contribution in [0.1, 0.15) is 26.7 Å². The van der Waals surface area contributed by atoms with Gasteiger partial charge in [0, 0.05) is 26.6 Å². The van der Waals surface area contributed by atoms with Crippen molar-refractivity contribution in [1.82, 2.24) is 10.2 Å². The minimum Gasteiger partial charge on any atom is -0.393 e. The van der Waals surface area contributed by atoms with Gasteiger partial charge in [-0.25, -0.2) is 0 Å². The van der Waals surface area contributed by atoms with Crippen LogP contribution in [0.3, 0.4) is 0 Å². The number of nitrogens with one attached hydrogen (secondary N) is 1. The van der Waals surface area contributed by atoms with Crippen LogP contribution in [0.5, 0.6) is 0 Å². The average Bonchev–Trinajstić information content (AvgIpc) is 2.14. The highest BCUT2D eigenvalue weighted by Crippen LogP contribution is 1.95. The predicted molar refractivity (Wildman–Crippen MR) is 57.1 cm³/mol. The van der Waals surface area contributed by atoms with Crippen LogP contribution in [0.2, 0.25) is 0 Å². The zero-order valence-electron chi connectivity index (χ0n) is 9.42. The first-order valence-electron chi connectivity index (χ1n) is 5.20. The molecule has 2 N–H and O–H groups in total. The third kappa shape index (κ3) is 6.86. The van der Waals surface area contributed by atoms with Gasteiger partial charge < -0.3 is 15.3 Å². The van der Waals surface area contributed by atoms with Gasteiger partial charge in [-0.05, 0) is 19.9 Å². The first-order valence-corrected chi connectivity index (χ1v) is 5.20. The van der Waals surface area contributed by atoms with E-state index in [-0.39, 0.29) is 12.0 Å². The van der Waals surface area contributed by atoms with Gasteiger partial charge in [0.25, 0.3) is 0 Å². The van der Waals surface area contributed by atoms with E-state index >= 15 is 0 Å². The fourth-order valence-electron chi connectivity index (χ4n) is 1.07. The molecule has 0 bridgehead atoms. The third-order valence-corrected chi connectivity index (χ3v) is 2.07. The van der Waals surface area contributed by atoms with Crippen molar-refractivity contribution in [3.63, 3.8) is 0 Å². The van der Waals surface area contributed by atoms with Gasteiger partial charge in [0.2, 0.25) is 5.91 Å². The maximum atomic E-state index is 11.4. The molecule has 0 saturated heterocycles. The normalized spacial score (nSPS) is 12.6. The Kier molecular flexibility index (Phi) is 7.42. The lowest BCUT2D eigenvalue weighted by atomic mass is 10.2. The third-order valence-electron chi connectivity index (χ3n) is 2.07. The number of amides is 1. The van der Waals surface area contributed by atoms with E-state index in [1.54, 1.807) is 18.9 Å². The van der Waals surface area contributed by atoms with Crippen LogP contribution >= 0.6 is 0 Å². The molecule has 1 unspecified atom stereocenters. The topological polar surface area (TPSA) is 52.6 Å². The fourth-order valence-corrected chi connectivity index (χ4v) is 1.07. The number of carbonyl (C=O) groups excluding carboxylic acids is 1. The lowest BCUT2D eigenvalue weighted by molar-refractivity contribution is -0.130. The van der Waals surface area contributed by atoms with E-state index in [9.17, 15) is 4.79 Å². The minimum atomic E-state index is -0.334. The van der Waals surface area contributed by atoms with E-state index in [0.717, 1.165) is 13.1 Å². The summed E-state index contributed by atoms with van der Waals surface area (Å²) < 4.78 is 0. The molecule has 4 heteroatoms. The molecule has 0 rings (SSSR count). The molecule has 0 aliphatic rings. The summed E-state index contributed by atoms with van der Waals surface area (Å²) in [6.45, 7) is 6.00. The highest BCUT2D eigenvalue weighted by atomic mass is 16.3. The fraction of sp³-hybridized carbons (Fsp3) is 0.900. The van der Waals surface area contributed by atoms with Gasteiger partial charge in [0.1, 0.15) is 0 Å².